The summed E-state index contributed by atoms with van der Waals surface area (Å²) in [4.78, 5) is 16.7. The van der Waals surface area contributed by atoms with E-state index in [-0.39, 0.29) is 11.2 Å². The van der Waals surface area contributed by atoms with Gasteiger partial charge in [0.1, 0.15) is 0 Å². The third-order valence-electron chi connectivity index (χ3n) is 4.99. The average molecular weight is 283 g/mol. The number of methoxy groups -OCH3 is 1. The van der Waals surface area contributed by atoms with Crippen LogP contribution in [0.4, 0.5) is 0 Å². The molecule has 3 aliphatic rings. The van der Waals surface area contributed by atoms with E-state index in [0.29, 0.717) is 12.2 Å². The van der Waals surface area contributed by atoms with E-state index in [0.717, 1.165) is 29.0 Å². The number of aliphatic imine (C=N–C) groups is 1. The van der Waals surface area contributed by atoms with Crippen molar-refractivity contribution in [1.29, 1.82) is 0 Å². The molecule has 21 heavy (non-hydrogen) atoms. The minimum atomic E-state index is -0.423. The third-order valence-corrected chi connectivity index (χ3v) is 4.99. The van der Waals surface area contributed by atoms with E-state index in [4.69, 9.17) is 9.47 Å². The molecule has 108 valence electrons. The smallest absolute Gasteiger partial charge is 0.178 e. The number of ether oxygens (including phenoxy) is 2. The molecule has 4 heteroatoms. The predicted molar refractivity (Wildman–Crippen MR) is 79.5 cm³/mol. The molecule has 1 heterocycles. The zero-order valence-corrected chi connectivity index (χ0v) is 12.4. The van der Waals surface area contributed by atoms with E-state index in [1.54, 1.807) is 7.11 Å². The second kappa shape index (κ2) is 3.97. The van der Waals surface area contributed by atoms with Gasteiger partial charge in [-0.15, -0.1) is 0 Å². The zero-order valence-electron chi connectivity index (χ0n) is 12.4. The number of ketones is 1. The van der Waals surface area contributed by atoms with Gasteiger partial charge in [0.25, 0.3) is 0 Å². The van der Waals surface area contributed by atoms with Crippen LogP contribution in [0.15, 0.2) is 28.8 Å². The standard InChI is InChI=1S/C17H17NO3/c1-9-4-7-13(20-3)15-14(9)17-8-11(18-2)10(17)5-6-12(19)16(17)21-15/h4-5,7,16H,6,8H2,1-3H3/t16-,17-/m0/s1. The fraction of sp³-hybridized carbons (Fsp3) is 0.412. The van der Waals surface area contributed by atoms with Gasteiger partial charge in [-0.05, 0) is 24.1 Å². The van der Waals surface area contributed by atoms with Crippen LogP contribution in [0.5, 0.6) is 11.5 Å². The second-order valence-corrected chi connectivity index (χ2v) is 5.89. The summed E-state index contributed by atoms with van der Waals surface area (Å²) < 4.78 is 11.5. The highest BCUT2D eigenvalue weighted by molar-refractivity contribution is 6.15. The summed E-state index contributed by atoms with van der Waals surface area (Å²) in [6.45, 7) is 2.07. The van der Waals surface area contributed by atoms with Crippen molar-refractivity contribution < 1.29 is 14.3 Å². The SMILES string of the molecule is CN=C1C[C@@]23C1=CCC(=O)[C@@H]2Oc1c(OC)ccc(C)c13. The number of fused-ring (bicyclic) bond motifs is 1. The highest BCUT2D eigenvalue weighted by Crippen LogP contribution is 2.61. The lowest BCUT2D eigenvalue weighted by Crippen LogP contribution is -2.57. The van der Waals surface area contributed by atoms with Gasteiger partial charge < -0.3 is 9.47 Å². The third kappa shape index (κ3) is 1.30. The van der Waals surface area contributed by atoms with Crippen LogP contribution in [0.3, 0.4) is 0 Å². The molecule has 0 saturated heterocycles. The molecule has 4 rings (SSSR count). The molecule has 1 aromatic carbocycles. The number of hydrogen-bond acceptors (Lipinski definition) is 4. The number of carbonyl (C=O) groups is 1. The van der Waals surface area contributed by atoms with Crippen molar-refractivity contribution in [2.24, 2.45) is 4.99 Å². The number of benzene rings is 1. The highest BCUT2D eigenvalue weighted by atomic mass is 16.5. The fourth-order valence-corrected chi connectivity index (χ4v) is 4.06. The maximum Gasteiger partial charge on any atom is 0.178 e. The first-order valence-corrected chi connectivity index (χ1v) is 7.17. The maximum absolute atomic E-state index is 12.4. The summed E-state index contributed by atoms with van der Waals surface area (Å²) in [5, 5.41) is 0. The monoisotopic (exact) mass is 283 g/mol. The Morgan fingerprint density at radius 1 is 1.43 bits per heavy atom. The fourth-order valence-electron chi connectivity index (χ4n) is 4.06. The molecule has 1 saturated carbocycles. The number of Topliss-reactive ketones (excluding diaryl/α,β-unsaturated/α-hetero) is 1. The van der Waals surface area contributed by atoms with Gasteiger partial charge in [-0.2, -0.15) is 0 Å². The van der Waals surface area contributed by atoms with Gasteiger partial charge in [-0.3, -0.25) is 9.79 Å². The van der Waals surface area contributed by atoms with Crippen LogP contribution in [0.2, 0.25) is 0 Å². The molecular weight excluding hydrogens is 266 g/mol. The normalized spacial score (nSPS) is 30.8. The van der Waals surface area contributed by atoms with Crippen LogP contribution >= 0.6 is 0 Å². The molecule has 2 aliphatic carbocycles. The van der Waals surface area contributed by atoms with E-state index in [1.165, 1.54) is 5.57 Å². The highest BCUT2D eigenvalue weighted by Gasteiger charge is 2.64. The Balaban J connectivity index is 2.00. The molecule has 1 aromatic rings. The van der Waals surface area contributed by atoms with Crippen molar-refractivity contribution in [2.45, 2.75) is 31.3 Å². The Morgan fingerprint density at radius 2 is 2.24 bits per heavy atom. The van der Waals surface area contributed by atoms with E-state index >= 15 is 0 Å². The van der Waals surface area contributed by atoms with Gasteiger partial charge in [0, 0.05) is 31.2 Å². The van der Waals surface area contributed by atoms with E-state index in [2.05, 4.69) is 11.9 Å². The lowest BCUT2D eigenvalue weighted by molar-refractivity contribution is -0.127. The first-order valence-electron chi connectivity index (χ1n) is 7.17. The molecule has 0 aromatic heterocycles. The number of nitrogens with zero attached hydrogens (tertiary/aromatic N) is 1. The minimum absolute atomic E-state index is 0.145. The molecule has 0 unspecified atom stereocenters. The summed E-state index contributed by atoms with van der Waals surface area (Å²) in [5.41, 5.74) is 4.18. The second-order valence-electron chi connectivity index (χ2n) is 5.89. The summed E-state index contributed by atoms with van der Waals surface area (Å²) in [6.07, 6.45) is 2.80. The van der Waals surface area contributed by atoms with Crippen LogP contribution < -0.4 is 9.47 Å². The Morgan fingerprint density at radius 3 is 2.95 bits per heavy atom. The predicted octanol–water partition coefficient (Wildman–Crippen LogP) is 2.38. The van der Waals surface area contributed by atoms with Crippen LogP contribution in [-0.4, -0.2) is 31.8 Å². The molecule has 0 bridgehead atoms. The summed E-state index contributed by atoms with van der Waals surface area (Å²) in [6, 6.07) is 3.94. The van der Waals surface area contributed by atoms with Gasteiger partial charge in [0.15, 0.2) is 23.4 Å². The van der Waals surface area contributed by atoms with Crippen molar-refractivity contribution in [2.75, 3.05) is 14.2 Å². The number of carbonyl (C=O) groups excluding carboxylic acids is 1. The van der Waals surface area contributed by atoms with Gasteiger partial charge in [0.2, 0.25) is 0 Å². The van der Waals surface area contributed by atoms with Crippen molar-refractivity contribution in [3.63, 3.8) is 0 Å². The lowest BCUT2D eigenvalue weighted by Gasteiger charge is -2.47. The van der Waals surface area contributed by atoms with Crippen LogP contribution in [0, 0.1) is 6.92 Å². The molecule has 2 atom stereocenters. The summed E-state index contributed by atoms with van der Waals surface area (Å²) in [7, 11) is 3.44. The molecule has 1 spiro atoms. The average Bonchev–Trinajstić information content (AvgIpc) is 2.83. The Hall–Kier alpha value is -2.10. The topological polar surface area (TPSA) is 47.9 Å². The number of rotatable bonds is 1. The van der Waals surface area contributed by atoms with Crippen molar-refractivity contribution in [3.8, 4) is 11.5 Å². The number of hydrogen-bond donors (Lipinski definition) is 0. The van der Waals surface area contributed by atoms with E-state index in [1.807, 2.05) is 25.3 Å². The Kier molecular flexibility index (Phi) is 2.39. The number of aryl methyl sites for hydroxylation is 1. The van der Waals surface area contributed by atoms with Gasteiger partial charge in [-0.25, -0.2) is 0 Å². The van der Waals surface area contributed by atoms with Gasteiger partial charge in [0.05, 0.1) is 12.5 Å². The van der Waals surface area contributed by atoms with Crippen molar-refractivity contribution >= 4 is 11.5 Å². The molecule has 0 amide bonds. The first-order chi connectivity index (χ1) is 10.1. The van der Waals surface area contributed by atoms with Gasteiger partial charge in [-0.1, -0.05) is 12.1 Å². The maximum atomic E-state index is 12.4. The molecular formula is C17H17NO3. The molecule has 0 radical (unpaired) electrons. The minimum Gasteiger partial charge on any atom is -0.493 e. The van der Waals surface area contributed by atoms with Crippen molar-refractivity contribution in [1.82, 2.24) is 0 Å². The first kappa shape index (κ1) is 12.6. The van der Waals surface area contributed by atoms with Gasteiger partial charge >= 0.3 is 0 Å². The molecule has 1 fully saturated rings. The quantitative estimate of drug-likeness (QED) is 0.795. The largest absolute Gasteiger partial charge is 0.493 e. The van der Waals surface area contributed by atoms with E-state index < -0.39 is 6.10 Å². The van der Waals surface area contributed by atoms with Crippen LogP contribution in [0.25, 0.3) is 0 Å². The van der Waals surface area contributed by atoms with Crippen LogP contribution in [-0.2, 0) is 10.2 Å². The molecule has 4 nitrogen and oxygen atoms in total. The van der Waals surface area contributed by atoms with Crippen LogP contribution in [0.1, 0.15) is 24.0 Å². The number of allylic oxidation sites excluding steroid dienone is 1. The Labute approximate surface area is 123 Å². The molecule has 1 aliphatic heterocycles. The summed E-state index contributed by atoms with van der Waals surface area (Å²) >= 11 is 0. The zero-order chi connectivity index (χ0) is 14.8. The summed E-state index contributed by atoms with van der Waals surface area (Å²) in [5.74, 6) is 1.58. The molecule has 0 N–H and O–H groups in total. The Bertz CT molecular complexity index is 732. The lowest BCUT2D eigenvalue weighted by atomic mass is 9.53. The van der Waals surface area contributed by atoms with Crippen molar-refractivity contribution in [3.05, 3.63) is 34.9 Å². The van der Waals surface area contributed by atoms with E-state index in [9.17, 15) is 4.79 Å².